The second-order valence-corrected chi connectivity index (χ2v) is 6.12. The van der Waals surface area contributed by atoms with Crippen LogP contribution in [0, 0.1) is 11.8 Å². The lowest BCUT2D eigenvalue weighted by molar-refractivity contribution is -0.141. The van der Waals surface area contributed by atoms with Gasteiger partial charge in [-0.2, -0.15) is 0 Å². The molecule has 1 amide bonds. The summed E-state index contributed by atoms with van der Waals surface area (Å²) in [5.74, 6) is -0.979. The number of rotatable bonds is 8. The van der Waals surface area contributed by atoms with Crippen molar-refractivity contribution in [3.63, 3.8) is 0 Å². The number of aliphatic carboxylic acids is 1. The van der Waals surface area contributed by atoms with Crippen LogP contribution in [0.15, 0.2) is 30.3 Å². The molecule has 2 N–H and O–H groups in total. The molecule has 0 saturated carbocycles. The predicted octanol–water partition coefficient (Wildman–Crippen LogP) is 2.25. The first-order valence-electron chi connectivity index (χ1n) is 8.26. The largest absolute Gasteiger partial charge is 0.481 e. The molecule has 2 rings (SSSR count). The highest BCUT2D eigenvalue weighted by Gasteiger charge is 2.20. The maximum Gasteiger partial charge on any atom is 0.308 e. The lowest BCUT2D eigenvalue weighted by atomic mass is 9.94. The predicted molar refractivity (Wildman–Crippen MR) is 87.1 cm³/mol. The van der Waals surface area contributed by atoms with E-state index in [1.54, 1.807) is 0 Å². The molecule has 0 aliphatic carbocycles. The van der Waals surface area contributed by atoms with Crippen LogP contribution < -0.4 is 5.32 Å². The van der Waals surface area contributed by atoms with Crippen molar-refractivity contribution >= 4 is 11.9 Å². The summed E-state index contributed by atoms with van der Waals surface area (Å²) in [4.78, 5) is 23.3. The van der Waals surface area contributed by atoms with Gasteiger partial charge < -0.3 is 15.2 Å². The summed E-state index contributed by atoms with van der Waals surface area (Å²) in [6, 6.07) is 9.49. The van der Waals surface area contributed by atoms with Crippen LogP contribution in [0.25, 0.3) is 0 Å². The number of amides is 1. The second kappa shape index (κ2) is 9.30. The van der Waals surface area contributed by atoms with Crippen LogP contribution in [0.4, 0.5) is 0 Å². The number of hydrogen-bond acceptors (Lipinski definition) is 3. The highest BCUT2D eigenvalue weighted by atomic mass is 16.5. The van der Waals surface area contributed by atoms with Gasteiger partial charge in [-0.15, -0.1) is 0 Å². The van der Waals surface area contributed by atoms with Gasteiger partial charge in [-0.25, -0.2) is 0 Å². The number of ether oxygens (including phenoxy) is 1. The SMILES string of the molecule is O=C(CCC1CCOCC1)NCC(Cc1ccccc1)C(=O)O. The van der Waals surface area contributed by atoms with Crippen molar-refractivity contribution in [2.45, 2.75) is 32.1 Å². The summed E-state index contributed by atoms with van der Waals surface area (Å²) in [7, 11) is 0. The number of carbonyl (C=O) groups excluding carboxylic acids is 1. The van der Waals surface area contributed by atoms with Gasteiger partial charge in [0.05, 0.1) is 5.92 Å². The molecule has 1 aromatic rings. The van der Waals surface area contributed by atoms with Crippen molar-refractivity contribution in [3.8, 4) is 0 Å². The van der Waals surface area contributed by atoms with E-state index in [2.05, 4.69) is 5.32 Å². The van der Waals surface area contributed by atoms with Crippen LogP contribution in [0.3, 0.4) is 0 Å². The molecule has 126 valence electrons. The molecular formula is C18H25NO4. The van der Waals surface area contributed by atoms with Crippen LogP contribution >= 0.6 is 0 Å². The maximum absolute atomic E-state index is 11.9. The Balaban J connectivity index is 1.72. The molecule has 1 aliphatic rings. The van der Waals surface area contributed by atoms with Crippen LogP contribution in [-0.2, 0) is 20.7 Å². The molecule has 1 aromatic carbocycles. The smallest absolute Gasteiger partial charge is 0.308 e. The third kappa shape index (κ3) is 6.40. The molecule has 0 aromatic heterocycles. The lowest BCUT2D eigenvalue weighted by Crippen LogP contribution is -2.34. The molecule has 0 bridgehead atoms. The fraction of sp³-hybridized carbons (Fsp3) is 0.556. The number of hydrogen-bond donors (Lipinski definition) is 2. The molecule has 1 fully saturated rings. The van der Waals surface area contributed by atoms with Gasteiger partial charge in [0.25, 0.3) is 0 Å². The van der Waals surface area contributed by atoms with Crippen LogP contribution in [-0.4, -0.2) is 36.7 Å². The van der Waals surface area contributed by atoms with Crippen molar-refractivity contribution in [3.05, 3.63) is 35.9 Å². The van der Waals surface area contributed by atoms with E-state index in [1.165, 1.54) is 0 Å². The quantitative estimate of drug-likeness (QED) is 0.770. The van der Waals surface area contributed by atoms with E-state index in [0.717, 1.165) is 38.0 Å². The summed E-state index contributed by atoms with van der Waals surface area (Å²) in [5, 5.41) is 12.1. The summed E-state index contributed by atoms with van der Waals surface area (Å²) in [6.45, 7) is 1.74. The zero-order chi connectivity index (χ0) is 16.5. The monoisotopic (exact) mass is 319 g/mol. The van der Waals surface area contributed by atoms with Gasteiger partial charge in [0.15, 0.2) is 0 Å². The Hall–Kier alpha value is -1.88. The molecule has 1 atom stereocenters. The minimum atomic E-state index is -0.876. The fourth-order valence-electron chi connectivity index (χ4n) is 2.84. The van der Waals surface area contributed by atoms with E-state index in [-0.39, 0.29) is 12.5 Å². The van der Waals surface area contributed by atoms with Gasteiger partial charge in [0.1, 0.15) is 0 Å². The number of carboxylic acids is 1. The number of carbonyl (C=O) groups is 2. The Morgan fingerprint density at radius 1 is 1.22 bits per heavy atom. The van der Waals surface area contributed by atoms with E-state index >= 15 is 0 Å². The van der Waals surface area contributed by atoms with Gasteiger partial charge >= 0.3 is 5.97 Å². The summed E-state index contributed by atoms with van der Waals surface area (Å²) in [6.07, 6.45) is 3.77. The first-order chi connectivity index (χ1) is 11.1. The summed E-state index contributed by atoms with van der Waals surface area (Å²) in [5.41, 5.74) is 0.969. The third-order valence-electron chi connectivity index (χ3n) is 4.34. The molecule has 1 aliphatic heterocycles. The minimum absolute atomic E-state index is 0.0594. The number of nitrogens with one attached hydrogen (secondary N) is 1. The van der Waals surface area contributed by atoms with Gasteiger partial charge in [-0.05, 0) is 37.2 Å². The molecule has 1 saturated heterocycles. The van der Waals surface area contributed by atoms with Gasteiger partial charge in [0, 0.05) is 26.2 Å². The molecule has 5 heteroatoms. The van der Waals surface area contributed by atoms with Crippen molar-refractivity contribution in [1.82, 2.24) is 5.32 Å². The van der Waals surface area contributed by atoms with Crippen molar-refractivity contribution in [2.75, 3.05) is 19.8 Å². The van der Waals surface area contributed by atoms with E-state index in [1.807, 2.05) is 30.3 Å². The molecule has 23 heavy (non-hydrogen) atoms. The van der Waals surface area contributed by atoms with Crippen molar-refractivity contribution in [1.29, 1.82) is 0 Å². The average Bonchev–Trinajstić information content (AvgIpc) is 2.58. The van der Waals surface area contributed by atoms with Crippen LogP contribution in [0.2, 0.25) is 0 Å². The Morgan fingerprint density at radius 3 is 2.57 bits per heavy atom. The summed E-state index contributed by atoms with van der Waals surface area (Å²) < 4.78 is 5.30. The third-order valence-corrected chi connectivity index (χ3v) is 4.34. The van der Waals surface area contributed by atoms with E-state index < -0.39 is 11.9 Å². The Labute approximate surface area is 137 Å². The van der Waals surface area contributed by atoms with Crippen LogP contribution in [0.1, 0.15) is 31.2 Å². The first kappa shape index (κ1) is 17.5. The van der Waals surface area contributed by atoms with Gasteiger partial charge in [-0.3, -0.25) is 9.59 Å². The molecule has 0 radical (unpaired) electrons. The Bertz CT molecular complexity index is 497. The standard InChI is InChI=1S/C18H25NO4/c20-17(7-6-14-8-10-23-11-9-14)19-13-16(18(21)22)12-15-4-2-1-3-5-15/h1-5,14,16H,6-13H2,(H,19,20)(H,21,22). The van der Waals surface area contributed by atoms with Gasteiger partial charge in [-0.1, -0.05) is 30.3 Å². The number of carboxylic acid groups (broad SMARTS) is 1. The van der Waals surface area contributed by atoms with Gasteiger partial charge in [0.2, 0.25) is 5.91 Å². The van der Waals surface area contributed by atoms with Crippen LogP contribution in [0.5, 0.6) is 0 Å². The maximum atomic E-state index is 11.9. The molecule has 1 unspecified atom stereocenters. The second-order valence-electron chi connectivity index (χ2n) is 6.12. The normalized spacial score (nSPS) is 16.7. The molecular weight excluding hydrogens is 294 g/mol. The summed E-state index contributed by atoms with van der Waals surface area (Å²) >= 11 is 0. The zero-order valence-corrected chi connectivity index (χ0v) is 13.4. The Kier molecular flexibility index (Phi) is 7.07. The highest BCUT2D eigenvalue weighted by Crippen LogP contribution is 2.19. The van der Waals surface area contributed by atoms with E-state index in [9.17, 15) is 14.7 Å². The fourth-order valence-corrected chi connectivity index (χ4v) is 2.84. The Morgan fingerprint density at radius 2 is 1.91 bits per heavy atom. The lowest BCUT2D eigenvalue weighted by Gasteiger charge is -2.21. The highest BCUT2D eigenvalue weighted by molar-refractivity contribution is 5.77. The van der Waals surface area contributed by atoms with Crippen molar-refractivity contribution in [2.24, 2.45) is 11.8 Å². The molecule has 1 heterocycles. The first-order valence-corrected chi connectivity index (χ1v) is 8.26. The molecule has 5 nitrogen and oxygen atoms in total. The minimum Gasteiger partial charge on any atom is -0.481 e. The van der Waals surface area contributed by atoms with E-state index in [0.29, 0.717) is 18.8 Å². The van der Waals surface area contributed by atoms with Crippen molar-refractivity contribution < 1.29 is 19.4 Å². The number of benzene rings is 1. The topological polar surface area (TPSA) is 75.6 Å². The zero-order valence-electron chi connectivity index (χ0n) is 13.4. The molecule has 0 spiro atoms. The van der Waals surface area contributed by atoms with E-state index in [4.69, 9.17) is 4.74 Å². The average molecular weight is 319 g/mol.